The van der Waals surface area contributed by atoms with Gasteiger partial charge in [-0.25, -0.2) is 0 Å². The molecule has 0 fully saturated rings. The minimum Gasteiger partial charge on any atom is -0.348 e. The third kappa shape index (κ3) is 3.60. The van der Waals surface area contributed by atoms with E-state index in [4.69, 9.17) is 5.26 Å². The molecule has 1 aromatic carbocycles. The lowest BCUT2D eigenvalue weighted by atomic mass is 9.96. The molecule has 0 radical (unpaired) electrons. The van der Waals surface area contributed by atoms with Crippen molar-refractivity contribution in [3.8, 4) is 6.07 Å². The second-order valence-electron chi connectivity index (χ2n) is 4.49. The maximum atomic E-state index is 11.9. The normalized spacial score (nSPS) is 13.8. The van der Waals surface area contributed by atoms with Gasteiger partial charge in [0.15, 0.2) is 0 Å². The van der Waals surface area contributed by atoms with E-state index in [1.807, 2.05) is 57.2 Å². The first kappa shape index (κ1) is 13.2. The van der Waals surface area contributed by atoms with Crippen LogP contribution in [0, 0.1) is 23.2 Å². The van der Waals surface area contributed by atoms with Gasteiger partial charge in [0.25, 0.3) is 0 Å². The molecule has 17 heavy (non-hydrogen) atoms. The van der Waals surface area contributed by atoms with Crippen molar-refractivity contribution in [1.82, 2.24) is 5.32 Å². The SMILES string of the molecule is CC(C)C(C#N)C(=O)N[C@H](C)c1ccccc1. The van der Waals surface area contributed by atoms with Crippen LogP contribution in [-0.2, 0) is 4.79 Å². The number of nitrogens with one attached hydrogen (secondary N) is 1. The van der Waals surface area contributed by atoms with E-state index in [-0.39, 0.29) is 17.9 Å². The number of rotatable bonds is 4. The Hall–Kier alpha value is -1.82. The molecule has 1 unspecified atom stereocenters. The molecule has 0 spiro atoms. The summed E-state index contributed by atoms with van der Waals surface area (Å²) in [5.74, 6) is -0.747. The first-order chi connectivity index (χ1) is 8.06. The molecule has 2 atom stereocenters. The van der Waals surface area contributed by atoms with E-state index in [0.29, 0.717) is 0 Å². The van der Waals surface area contributed by atoms with Gasteiger partial charge in [0.1, 0.15) is 5.92 Å². The molecule has 0 aliphatic rings. The van der Waals surface area contributed by atoms with Gasteiger partial charge in [0.2, 0.25) is 5.91 Å². The summed E-state index contributed by atoms with van der Waals surface area (Å²) in [6.45, 7) is 5.67. The van der Waals surface area contributed by atoms with Gasteiger partial charge >= 0.3 is 0 Å². The van der Waals surface area contributed by atoms with Crippen molar-refractivity contribution < 1.29 is 4.79 Å². The predicted octanol–water partition coefficient (Wildman–Crippen LogP) is 2.66. The zero-order chi connectivity index (χ0) is 12.8. The highest BCUT2D eigenvalue weighted by Crippen LogP contribution is 2.15. The fourth-order valence-corrected chi connectivity index (χ4v) is 1.64. The number of carbonyl (C=O) groups is 1. The third-order valence-corrected chi connectivity index (χ3v) is 2.75. The standard InChI is InChI=1S/C14H18N2O/c1-10(2)13(9-15)14(17)16-11(3)12-7-5-4-6-8-12/h4-8,10-11,13H,1-3H3,(H,16,17)/t11-,13?/m1/s1. The van der Waals surface area contributed by atoms with E-state index < -0.39 is 5.92 Å². The summed E-state index contributed by atoms with van der Waals surface area (Å²) in [7, 11) is 0. The maximum absolute atomic E-state index is 11.9. The zero-order valence-electron chi connectivity index (χ0n) is 10.5. The molecule has 0 heterocycles. The molecule has 1 aromatic rings. The summed E-state index contributed by atoms with van der Waals surface area (Å²) in [6, 6.07) is 11.7. The zero-order valence-corrected chi connectivity index (χ0v) is 10.5. The van der Waals surface area contributed by atoms with Gasteiger partial charge in [-0.3, -0.25) is 4.79 Å². The van der Waals surface area contributed by atoms with E-state index in [0.717, 1.165) is 5.56 Å². The molecule has 90 valence electrons. The number of nitriles is 1. The first-order valence-corrected chi connectivity index (χ1v) is 5.81. The molecule has 1 N–H and O–H groups in total. The van der Waals surface area contributed by atoms with Crippen molar-refractivity contribution in [2.24, 2.45) is 11.8 Å². The monoisotopic (exact) mass is 230 g/mol. The van der Waals surface area contributed by atoms with Gasteiger partial charge in [-0.05, 0) is 18.4 Å². The summed E-state index contributed by atoms with van der Waals surface area (Å²) in [4.78, 5) is 11.9. The fraction of sp³-hybridized carbons (Fsp3) is 0.429. The Labute approximate surface area is 102 Å². The summed E-state index contributed by atoms with van der Waals surface area (Å²) in [5, 5.41) is 11.8. The van der Waals surface area contributed by atoms with Crippen LogP contribution < -0.4 is 5.32 Å². The van der Waals surface area contributed by atoms with Gasteiger partial charge in [-0.15, -0.1) is 0 Å². The molecular formula is C14H18N2O. The van der Waals surface area contributed by atoms with E-state index in [9.17, 15) is 4.79 Å². The topological polar surface area (TPSA) is 52.9 Å². The van der Waals surface area contributed by atoms with E-state index in [1.165, 1.54) is 0 Å². The average Bonchev–Trinajstić information content (AvgIpc) is 2.30. The summed E-state index contributed by atoms with van der Waals surface area (Å²) < 4.78 is 0. The smallest absolute Gasteiger partial charge is 0.238 e. The number of hydrogen-bond donors (Lipinski definition) is 1. The van der Waals surface area contributed by atoms with E-state index >= 15 is 0 Å². The van der Waals surface area contributed by atoms with E-state index in [1.54, 1.807) is 0 Å². The largest absolute Gasteiger partial charge is 0.348 e. The Morgan fingerprint density at radius 3 is 2.29 bits per heavy atom. The van der Waals surface area contributed by atoms with Crippen LogP contribution in [0.5, 0.6) is 0 Å². The Kier molecular flexibility index (Phi) is 4.71. The molecule has 0 saturated carbocycles. The van der Waals surface area contributed by atoms with Gasteiger partial charge in [-0.2, -0.15) is 5.26 Å². The summed E-state index contributed by atoms with van der Waals surface area (Å²) >= 11 is 0. The van der Waals surface area contributed by atoms with Crippen molar-refractivity contribution in [1.29, 1.82) is 5.26 Å². The highest BCUT2D eigenvalue weighted by atomic mass is 16.1. The molecular weight excluding hydrogens is 212 g/mol. The van der Waals surface area contributed by atoms with Crippen molar-refractivity contribution in [3.63, 3.8) is 0 Å². The third-order valence-electron chi connectivity index (χ3n) is 2.75. The lowest BCUT2D eigenvalue weighted by molar-refractivity contribution is -0.125. The minimum absolute atomic E-state index is 0.0305. The minimum atomic E-state index is -0.582. The molecule has 3 heteroatoms. The number of nitrogens with zero attached hydrogens (tertiary/aromatic N) is 1. The van der Waals surface area contributed by atoms with Crippen molar-refractivity contribution in [3.05, 3.63) is 35.9 Å². The van der Waals surface area contributed by atoms with Gasteiger partial charge in [0, 0.05) is 0 Å². The maximum Gasteiger partial charge on any atom is 0.238 e. The van der Waals surface area contributed by atoms with Crippen LogP contribution >= 0.6 is 0 Å². The van der Waals surface area contributed by atoms with Crippen LogP contribution in [0.3, 0.4) is 0 Å². The lowest BCUT2D eigenvalue weighted by Crippen LogP contribution is -2.34. The van der Waals surface area contributed by atoms with Gasteiger partial charge in [0.05, 0.1) is 12.1 Å². The number of carbonyl (C=O) groups excluding carboxylic acids is 1. The quantitative estimate of drug-likeness (QED) is 0.864. The fourth-order valence-electron chi connectivity index (χ4n) is 1.64. The molecule has 1 amide bonds. The molecule has 1 rings (SSSR count). The van der Waals surface area contributed by atoms with Crippen molar-refractivity contribution in [2.45, 2.75) is 26.8 Å². The lowest BCUT2D eigenvalue weighted by Gasteiger charge is -2.18. The first-order valence-electron chi connectivity index (χ1n) is 5.81. The highest BCUT2D eigenvalue weighted by Gasteiger charge is 2.22. The van der Waals surface area contributed by atoms with Crippen LogP contribution in [0.15, 0.2) is 30.3 Å². The number of amides is 1. The number of hydrogen-bond acceptors (Lipinski definition) is 2. The Morgan fingerprint density at radius 1 is 1.24 bits per heavy atom. The van der Waals surface area contributed by atoms with Crippen LogP contribution in [0.2, 0.25) is 0 Å². The Bertz CT molecular complexity index is 406. The number of benzene rings is 1. The summed E-state index contributed by atoms with van der Waals surface area (Å²) in [6.07, 6.45) is 0. The van der Waals surface area contributed by atoms with E-state index in [2.05, 4.69) is 5.32 Å². The molecule has 0 bridgehead atoms. The Balaban J connectivity index is 2.67. The van der Waals surface area contributed by atoms with Crippen LogP contribution in [-0.4, -0.2) is 5.91 Å². The van der Waals surface area contributed by atoms with Crippen LogP contribution in [0.25, 0.3) is 0 Å². The van der Waals surface area contributed by atoms with Gasteiger partial charge < -0.3 is 5.32 Å². The molecule has 0 saturated heterocycles. The molecule has 0 aliphatic carbocycles. The second kappa shape index (κ2) is 6.05. The molecule has 3 nitrogen and oxygen atoms in total. The van der Waals surface area contributed by atoms with Crippen molar-refractivity contribution >= 4 is 5.91 Å². The average molecular weight is 230 g/mol. The second-order valence-corrected chi connectivity index (χ2v) is 4.49. The van der Waals surface area contributed by atoms with Crippen LogP contribution in [0.4, 0.5) is 0 Å². The van der Waals surface area contributed by atoms with Gasteiger partial charge in [-0.1, -0.05) is 44.2 Å². The highest BCUT2D eigenvalue weighted by molar-refractivity contribution is 5.81. The molecule has 0 aromatic heterocycles. The van der Waals surface area contributed by atoms with Crippen LogP contribution in [0.1, 0.15) is 32.4 Å². The predicted molar refractivity (Wildman–Crippen MR) is 66.9 cm³/mol. The molecule has 0 aliphatic heterocycles. The van der Waals surface area contributed by atoms with Crippen molar-refractivity contribution in [2.75, 3.05) is 0 Å². The summed E-state index contributed by atoms with van der Waals surface area (Å²) in [5.41, 5.74) is 1.04. The Morgan fingerprint density at radius 2 is 1.82 bits per heavy atom.